The molecule has 1 aliphatic heterocycles. The molecule has 0 bridgehead atoms. The first-order valence-corrected chi connectivity index (χ1v) is 11.8. The van der Waals surface area contributed by atoms with Crippen molar-refractivity contribution in [3.05, 3.63) is 101 Å². The van der Waals surface area contributed by atoms with Crippen LogP contribution in [0.1, 0.15) is 22.7 Å². The molecule has 0 unspecified atom stereocenters. The third-order valence-electron chi connectivity index (χ3n) is 5.45. The molecule has 1 saturated heterocycles. The van der Waals surface area contributed by atoms with E-state index in [1.165, 1.54) is 6.07 Å². The number of hydroxylamine groups is 2. The number of hydrogen-bond acceptors (Lipinski definition) is 5. The Morgan fingerprint density at radius 3 is 2.59 bits per heavy atom. The Morgan fingerprint density at radius 1 is 1.06 bits per heavy atom. The van der Waals surface area contributed by atoms with Crippen molar-refractivity contribution in [2.75, 3.05) is 13.7 Å². The van der Waals surface area contributed by atoms with E-state index in [0.717, 1.165) is 11.1 Å². The van der Waals surface area contributed by atoms with Gasteiger partial charge in [-0.1, -0.05) is 60.7 Å². The van der Waals surface area contributed by atoms with E-state index in [1.807, 2.05) is 54.6 Å². The summed E-state index contributed by atoms with van der Waals surface area (Å²) in [4.78, 5) is 5.56. The Morgan fingerprint density at radius 2 is 1.81 bits per heavy atom. The zero-order valence-electron chi connectivity index (χ0n) is 17.6. The van der Waals surface area contributed by atoms with Crippen LogP contribution >= 0.6 is 0 Å². The van der Waals surface area contributed by atoms with E-state index >= 15 is 0 Å². The summed E-state index contributed by atoms with van der Waals surface area (Å²) in [6.07, 6.45) is 0. The van der Waals surface area contributed by atoms with E-state index in [0.29, 0.717) is 12.4 Å². The van der Waals surface area contributed by atoms with Gasteiger partial charge in [-0.15, -0.1) is 0 Å². The summed E-state index contributed by atoms with van der Waals surface area (Å²) in [5.41, 5.74) is 2.09. The molecule has 0 spiro atoms. The fraction of sp³-hybridized carbons (Fsp3) is 0.250. The smallest absolute Gasteiger partial charge is 0.219 e. The van der Waals surface area contributed by atoms with Crippen LogP contribution in [0.5, 0.6) is 5.75 Å². The van der Waals surface area contributed by atoms with Crippen LogP contribution in [0.15, 0.2) is 78.9 Å². The molecule has 1 fully saturated rings. The number of benzene rings is 3. The fourth-order valence-corrected chi connectivity index (χ4v) is 5.22. The zero-order chi connectivity index (χ0) is 22.6. The van der Waals surface area contributed by atoms with Crippen molar-refractivity contribution < 1.29 is 22.4 Å². The van der Waals surface area contributed by atoms with Gasteiger partial charge in [-0.25, -0.2) is 17.5 Å². The molecule has 0 radical (unpaired) electrons. The van der Waals surface area contributed by atoms with Crippen LogP contribution in [-0.2, 0) is 28.0 Å². The lowest BCUT2D eigenvalue weighted by molar-refractivity contribution is -0.110. The molecule has 32 heavy (non-hydrogen) atoms. The average molecular weight is 457 g/mol. The summed E-state index contributed by atoms with van der Waals surface area (Å²) in [5.74, 6) is 0.192. The Bertz CT molecular complexity index is 1160. The molecule has 3 aromatic carbocycles. The molecule has 1 aliphatic rings. The molecule has 1 heterocycles. The summed E-state index contributed by atoms with van der Waals surface area (Å²) in [5, 5.41) is 0.687. The normalized spacial score (nSPS) is 19.2. The third kappa shape index (κ3) is 5.16. The van der Waals surface area contributed by atoms with E-state index in [4.69, 9.17) is 9.57 Å². The molecule has 168 valence electrons. The Hall–Kier alpha value is -2.78. The van der Waals surface area contributed by atoms with Crippen molar-refractivity contribution >= 4 is 10.0 Å². The van der Waals surface area contributed by atoms with E-state index in [-0.39, 0.29) is 18.7 Å². The van der Waals surface area contributed by atoms with Crippen molar-refractivity contribution in [3.8, 4) is 5.75 Å². The van der Waals surface area contributed by atoms with E-state index in [1.54, 1.807) is 30.3 Å². The average Bonchev–Trinajstić information content (AvgIpc) is 3.20. The molecule has 1 N–H and O–H groups in total. The number of rotatable bonds is 8. The fourth-order valence-electron chi connectivity index (χ4n) is 3.74. The van der Waals surface area contributed by atoms with E-state index < -0.39 is 27.1 Å². The van der Waals surface area contributed by atoms with Crippen LogP contribution in [0.4, 0.5) is 4.39 Å². The van der Waals surface area contributed by atoms with Gasteiger partial charge in [0, 0.05) is 19.2 Å². The Labute approximate surface area is 187 Å². The Kier molecular flexibility index (Phi) is 6.86. The van der Waals surface area contributed by atoms with Crippen LogP contribution < -0.4 is 9.46 Å². The summed E-state index contributed by atoms with van der Waals surface area (Å²) in [6.45, 7) is 0.290. The first kappa shape index (κ1) is 22.4. The standard InChI is InChI=1S/C24H25FN2O4S/c1-27-24(19-11-7-12-21(14-19)30-16-18-8-3-2-4-9-18)23(17-31-27)32(28,29)26-15-20-10-5-6-13-22(20)25/h2-14,23-24,26H,15-17H2,1H3/t23-,24+/m0/s1. The maximum Gasteiger partial charge on any atom is 0.219 e. The number of sulfonamides is 1. The van der Waals surface area contributed by atoms with Crippen molar-refractivity contribution in [3.63, 3.8) is 0 Å². The second-order valence-corrected chi connectivity index (χ2v) is 9.61. The molecular formula is C24H25FN2O4S. The molecule has 3 aromatic rings. The summed E-state index contributed by atoms with van der Waals surface area (Å²) in [7, 11) is -2.09. The molecule has 8 heteroatoms. The molecular weight excluding hydrogens is 431 g/mol. The lowest BCUT2D eigenvalue weighted by atomic mass is 10.0. The quantitative estimate of drug-likeness (QED) is 0.558. The highest BCUT2D eigenvalue weighted by Crippen LogP contribution is 2.34. The van der Waals surface area contributed by atoms with Crippen LogP contribution in [0, 0.1) is 5.82 Å². The maximum atomic E-state index is 13.9. The molecule has 0 saturated carbocycles. The van der Waals surface area contributed by atoms with Crippen molar-refractivity contribution in [1.82, 2.24) is 9.79 Å². The maximum absolute atomic E-state index is 13.9. The molecule has 4 rings (SSSR count). The van der Waals surface area contributed by atoms with Crippen LogP contribution in [-0.4, -0.2) is 32.4 Å². The topological polar surface area (TPSA) is 67.9 Å². The molecule has 0 amide bonds. The van der Waals surface area contributed by atoms with Crippen molar-refractivity contribution in [2.45, 2.75) is 24.4 Å². The van der Waals surface area contributed by atoms with Gasteiger partial charge in [-0.3, -0.25) is 4.84 Å². The number of nitrogens with zero attached hydrogens (tertiary/aromatic N) is 1. The monoisotopic (exact) mass is 456 g/mol. The number of nitrogens with one attached hydrogen (secondary N) is 1. The number of halogens is 1. The molecule has 6 nitrogen and oxygen atoms in total. The van der Waals surface area contributed by atoms with Gasteiger partial charge in [-0.2, -0.15) is 5.06 Å². The minimum atomic E-state index is -3.80. The van der Waals surface area contributed by atoms with Gasteiger partial charge in [0.2, 0.25) is 10.0 Å². The zero-order valence-corrected chi connectivity index (χ0v) is 18.5. The minimum absolute atomic E-state index is 0.00285. The van der Waals surface area contributed by atoms with Gasteiger partial charge in [0.1, 0.15) is 23.4 Å². The van der Waals surface area contributed by atoms with E-state index in [2.05, 4.69) is 4.72 Å². The van der Waals surface area contributed by atoms with Gasteiger partial charge in [0.05, 0.1) is 12.6 Å². The lowest BCUT2D eigenvalue weighted by Gasteiger charge is -2.23. The second-order valence-electron chi connectivity index (χ2n) is 7.63. The van der Waals surface area contributed by atoms with Gasteiger partial charge in [0.15, 0.2) is 0 Å². The van der Waals surface area contributed by atoms with Gasteiger partial charge in [-0.05, 0) is 29.3 Å². The Balaban J connectivity index is 1.49. The highest BCUT2D eigenvalue weighted by atomic mass is 32.2. The molecule has 2 atom stereocenters. The molecule has 0 aromatic heterocycles. The van der Waals surface area contributed by atoms with Crippen LogP contribution in [0.3, 0.4) is 0 Å². The summed E-state index contributed by atoms with van der Waals surface area (Å²) >= 11 is 0. The van der Waals surface area contributed by atoms with E-state index in [9.17, 15) is 12.8 Å². The van der Waals surface area contributed by atoms with Crippen LogP contribution in [0.25, 0.3) is 0 Å². The lowest BCUT2D eigenvalue weighted by Crippen LogP contribution is -2.39. The van der Waals surface area contributed by atoms with Crippen molar-refractivity contribution in [2.24, 2.45) is 0 Å². The SMILES string of the molecule is CN1OC[C@H](S(=O)(=O)NCc2ccccc2F)[C@H]1c1cccc(OCc2ccccc2)c1. The number of ether oxygens (including phenoxy) is 1. The van der Waals surface area contributed by atoms with Gasteiger partial charge >= 0.3 is 0 Å². The van der Waals surface area contributed by atoms with Crippen LogP contribution in [0.2, 0.25) is 0 Å². The minimum Gasteiger partial charge on any atom is -0.489 e. The van der Waals surface area contributed by atoms with Gasteiger partial charge < -0.3 is 4.74 Å². The van der Waals surface area contributed by atoms with Gasteiger partial charge in [0.25, 0.3) is 0 Å². The van der Waals surface area contributed by atoms with Crippen molar-refractivity contribution in [1.29, 1.82) is 0 Å². The predicted molar refractivity (Wildman–Crippen MR) is 120 cm³/mol. The highest BCUT2D eigenvalue weighted by molar-refractivity contribution is 7.90. The first-order chi connectivity index (χ1) is 15.4. The highest BCUT2D eigenvalue weighted by Gasteiger charge is 2.43. The largest absolute Gasteiger partial charge is 0.489 e. The predicted octanol–water partition coefficient (Wildman–Crippen LogP) is 3.81. The summed E-state index contributed by atoms with van der Waals surface area (Å²) < 4.78 is 48.5. The second kappa shape index (κ2) is 9.79. The number of hydrogen-bond donors (Lipinski definition) is 1. The first-order valence-electron chi connectivity index (χ1n) is 10.3. The molecule has 0 aliphatic carbocycles. The summed E-state index contributed by atoms with van der Waals surface area (Å²) in [6, 6.07) is 22.7. The third-order valence-corrected chi connectivity index (χ3v) is 7.19.